The first-order valence-electron chi connectivity index (χ1n) is 9.38. The van der Waals surface area contributed by atoms with Crippen LogP contribution in [0.25, 0.3) is 10.9 Å². The van der Waals surface area contributed by atoms with Crippen molar-refractivity contribution in [2.75, 3.05) is 32.9 Å². The summed E-state index contributed by atoms with van der Waals surface area (Å²) in [5, 5.41) is 0.0435. The van der Waals surface area contributed by atoms with E-state index in [1.165, 1.54) is 10.9 Å². The third-order valence-corrected chi connectivity index (χ3v) is 8.21. The average molecular weight is 404 g/mol. The first kappa shape index (κ1) is 19.1. The number of nitrogens with zero attached hydrogens (tertiary/aromatic N) is 4. The van der Waals surface area contributed by atoms with Crippen molar-refractivity contribution in [3.63, 3.8) is 0 Å². The fourth-order valence-corrected chi connectivity index (χ4v) is 6.88. The quantitative estimate of drug-likeness (QED) is 0.711. The molecule has 3 atom stereocenters. The lowest BCUT2D eigenvalue weighted by Gasteiger charge is -2.25. The molecule has 0 spiro atoms. The molecular weight excluding hydrogens is 380 g/mol. The second kappa shape index (κ2) is 6.97. The minimum Gasteiger partial charge on any atom is -0.341 e. The third-order valence-electron chi connectivity index (χ3n) is 5.98. The highest BCUT2D eigenvalue weighted by molar-refractivity contribution is 7.92. The number of fused-ring (bicyclic) bond motifs is 2. The number of amides is 1. The number of likely N-dealkylation sites (tertiary alicyclic amines) is 1. The van der Waals surface area contributed by atoms with Gasteiger partial charge in [-0.05, 0) is 26.2 Å². The number of aryl methyl sites for hydroxylation is 1. The van der Waals surface area contributed by atoms with Crippen LogP contribution in [0.5, 0.6) is 0 Å². The summed E-state index contributed by atoms with van der Waals surface area (Å²) in [5.41, 5.74) is 0.453. The molecule has 0 N–H and O–H groups in total. The van der Waals surface area contributed by atoms with Gasteiger partial charge in [-0.15, -0.1) is 0 Å². The highest BCUT2D eigenvalue weighted by Gasteiger charge is 2.53. The van der Waals surface area contributed by atoms with E-state index in [9.17, 15) is 18.0 Å². The molecule has 2 aliphatic heterocycles. The molecule has 1 aromatic carbocycles. The SMILES string of the molecule is CN(C)[C@@H]1CS(=O)(=O)[C@H]2CN(C(=O)CCn3cnc4ccccc4c3=O)C[C@@H]12. The van der Waals surface area contributed by atoms with Gasteiger partial charge in [0.2, 0.25) is 5.91 Å². The molecule has 0 bridgehead atoms. The van der Waals surface area contributed by atoms with E-state index in [0.29, 0.717) is 17.4 Å². The molecule has 8 nitrogen and oxygen atoms in total. The van der Waals surface area contributed by atoms with Gasteiger partial charge < -0.3 is 9.80 Å². The Balaban J connectivity index is 1.46. The lowest BCUT2D eigenvalue weighted by molar-refractivity contribution is -0.130. The topological polar surface area (TPSA) is 92.6 Å². The van der Waals surface area contributed by atoms with Crippen LogP contribution in [0.2, 0.25) is 0 Å². The Kier molecular flexibility index (Phi) is 4.75. The van der Waals surface area contributed by atoms with Gasteiger partial charge in [0.25, 0.3) is 5.56 Å². The highest BCUT2D eigenvalue weighted by Crippen LogP contribution is 2.36. The highest BCUT2D eigenvalue weighted by atomic mass is 32.2. The molecule has 1 aromatic heterocycles. The number of carbonyl (C=O) groups is 1. The molecule has 0 aliphatic carbocycles. The van der Waals surface area contributed by atoms with Gasteiger partial charge in [-0.3, -0.25) is 14.2 Å². The summed E-state index contributed by atoms with van der Waals surface area (Å²) in [6.45, 7) is 0.933. The van der Waals surface area contributed by atoms with Crippen LogP contribution in [-0.2, 0) is 21.2 Å². The predicted octanol–water partition coefficient (Wildman–Crippen LogP) is -0.0278. The zero-order valence-corrected chi connectivity index (χ0v) is 16.8. The van der Waals surface area contributed by atoms with Crippen molar-refractivity contribution in [1.29, 1.82) is 0 Å². The molecule has 2 aromatic rings. The van der Waals surface area contributed by atoms with Crippen LogP contribution in [-0.4, -0.2) is 77.9 Å². The van der Waals surface area contributed by atoms with Crippen LogP contribution in [0, 0.1) is 5.92 Å². The van der Waals surface area contributed by atoms with Crippen LogP contribution in [0.4, 0.5) is 0 Å². The molecule has 2 saturated heterocycles. The van der Waals surface area contributed by atoms with Crippen LogP contribution < -0.4 is 5.56 Å². The molecule has 28 heavy (non-hydrogen) atoms. The number of rotatable bonds is 4. The summed E-state index contributed by atoms with van der Waals surface area (Å²) in [6, 6.07) is 7.04. The molecule has 9 heteroatoms. The standard InChI is InChI=1S/C19H24N4O4S/c1-21(2)16-11-28(26,27)17-10-23(9-14(16)17)18(24)7-8-22-12-20-15-6-4-3-5-13(15)19(22)25/h3-6,12,14,16-17H,7-11H2,1-2H3/t14-,16+,17-/m0/s1. The van der Waals surface area contributed by atoms with Gasteiger partial charge in [0.05, 0.1) is 28.2 Å². The van der Waals surface area contributed by atoms with Gasteiger partial charge in [-0.2, -0.15) is 0 Å². The van der Waals surface area contributed by atoms with Crippen LogP contribution in [0.3, 0.4) is 0 Å². The van der Waals surface area contributed by atoms with Crippen molar-refractivity contribution < 1.29 is 13.2 Å². The first-order chi connectivity index (χ1) is 13.3. The van der Waals surface area contributed by atoms with Gasteiger partial charge in [0.1, 0.15) is 0 Å². The minimum absolute atomic E-state index is 0.0472. The molecule has 4 rings (SSSR count). The van der Waals surface area contributed by atoms with Crippen LogP contribution in [0.15, 0.2) is 35.4 Å². The van der Waals surface area contributed by atoms with Crippen LogP contribution in [0.1, 0.15) is 6.42 Å². The molecule has 0 saturated carbocycles. The molecule has 3 heterocycles. The lowest BCUT2D eigenvalue weighted by atomic mass is 10.00. The Hall–Kier alpha value is -2.26. The Bertz CT molecular complexity index is 1080. The van der Waals surface area contributed by atoms with E-state index < -0.39 is 15.1 Å². The zero-order valence-electron chi connectivity index (χ0n) is 16.0. The monoisotopic (exact) mass is 404 g/mol. The summed E-state index contributed by atoms with van der Waals surface area (Å²) in [6.07, 6.45) is 1.61. The third kappa shape index (κ3) is 3.22. The molecular formula is C19H24N4O4S. The van der Waals surface area contributed by atoms with Crippen molar-refractivity contribution in [3.05, 3.63) is 40.9 Å². The normalized spacial score (nSPS) is 26.1. The second-order valence-corrected chi connectivity index (χ2v) is 10.1. The maximum Gasteiger partial charge on any atom is 0.261 e. The smallest absolute Gasteiger partial charge is 0.261 e. The van der Waals surface area contributed by atoms with E-state index in [1.807, 2.05) is 25.1 Å². The fraction of sp³-hybridized carbons (Fsp3) is 0.526. The van der Waals surface area contributed by atoms with E-state index in [-0.39, 0.29) is 48.7 Å². The van der Waals surface area contributed by atoms with Crippen molar-refractivity contribution in [3.8, 4) is 0 Å². The minimum atomic E-state index is -3.18. The molecule has 0 radical (unpaired) electrons. The number of hydrogen-bond acceptors (Lipinski definition) is 6. The molecule has 1 amide bonds. The molecule has 2 aliphatic rings. The fourth-order valence-electron chi connectivity index (χ4n) is 4.41. The van der Waals surface area contributed by atoms with Gasteiger partial charge in [0.15, 0.2) is 9.84 Å². The summed E-state index contributed by atoms with van der Waals surface area (Å²) >= 11 is 0. The summed E-state index contributed by atoms with van der Waals surface area (Å²) in [4.78, 5) is 33.1. The van der Waals surface area contributed by atoms with Crippen molar-refractivity contribution in [2.45, 2.75) is 24.3 Å². The number of benzene rings is 1. The molecule has 2 fully saturated rings. The number of carbonyl (C=O) groups excluding carboxylic acids is 1. The number of aromatic nitrogens is 2. The van der Waals surface area contributed by atoms with Crippen LogP contribution >= 0.6 is 0 Å². The summed E-state index contributed by atoms with van der Waals surface area (Å²) in [5.74, 6) is -0.00799. The van der Waals surface area contributed by atoms with E-state index in [2.05, 4.69) is 4.98 Å². The Morgan fingerprint density at radius 2 is 2.00 bits per heavy atom. The summed E-state index contributed by atoms with van der Waals surface area (Å²) in [7, 11) is 0.579. The Morgan fingerprint density at radius 3 is 2.75 bits per heavy atom. The van der Waals surface area contributed by atoms with Crippen molar-refractivity contribution in [1.82, 2.24) is 19.4 Å². The maximum atomic E-state index is 12.7. The Labute approximate surface area is 163 Å². The number of sulfone groups is 1. The Morgan fingerprint density at radius 1 is 1.25 bits per heavy atom. The van der Waals surface area contributed by atoms with E-state index in [0.717, 1.165) is 0 Å². The largest absolute Gasteiger partial charge is 0.341 e. The number of para-hydroxylation sites is 1. The van der Waals surface area contributed by atoms with Crippen molar-refractivity contribution in [2.24, 2.45) is 5.92 Å². The zero-order chi connectivity index (χ0) is 20.1. The number of hydrogen-bond donors (Lipinski definition) is 0. The van der Waals surface area contributed by atoms with E-state index in [1.54, 1.807) is 23.1 Å². The molecule has 150 valence electrons. The van der Waals surface area contributed by atoms with Gasteiger partial charge in [-0.1, -0.05) is 12.1 Å². The predicted molar refractivity (Wildman–Crippen MR) is 106 cm³/mol. The van der Waals surface area contributed by atoms with Gasteiger partial charge >= 0.3 is 0 Å². The lowest BCUT2D eigenvalue weighted by Crippen LogP contribution is -2.39. The first-order valence-corrected chi connectivity index (χ1v) is 11.1. The second-order valence-electron chi connectivity index (χ2n) is 7.87. The van der Waals surface area contributed by atoms with E-state index in [4.69, 9.17) is 0 Å². The van der Waals surface area contributed by atoms with Gasteiger partial charge in [-0.25, -0.2) is 13.4 Å². The molecule has 0 unspecified atom stereocenters. The maximum absolute atomic E-state index is 12.7. The van der Waals surface area contributed by atoms with Gasteiger partial charge in [0, 0.05) is 38.0 Å². The summed E-state index contributed by atoms with van der Waals surface area (Å²) < 4.78 is 26.4. The van der Waals surface area contributed by atoms with Crippen molar-refractivity contribution >= 4 is 26.6 Å². The van der Waals surface area contributed by atoms with E-state index >= 15 is 0 Å². The average Bonchev–Trinajstić information content (AvgIpc) is 3.21.